The van der Waals surface area contributed by atoms with Crippen LogP contribution in [0.2, 0.25) is 0 Å². The van der Waals surface area contributed by atoms with E-state index in [2.05, 4.69) is 0 Å². The van der Waals surface area contributed by atoms with Crippen molar-refractivity contribution in [3.05, 3.63) is 35.9 Å². The topological polar surface area (TPSA) is 44.8 Å². The number of unbranched alkanes of at least 4 members (excludes halogenated alkanes) is 1. The molecule has 1 rings (SSSR count). The van der Waals surface area contributed by atoms with Gasteiger partial charge >= 0.3 is 5.97 Å². The smallest absolute Gasteiger partial charge is 0.342 e. The molecular weight excluding hydrogens is 387 g/mol. The monoisotopic (exact) mass is 410 g/mol. The number of carbonyl (C=O) groups excluding carboxylic acids is 1. The van der Waals surface area contributed by atoms with Crippen LogP contribution in [0.15, 0.2) is 30.3 Å². The van der Waals surface area contributed by atoms with Crippen LogP contribution in [0.4, 0.5) is 0 Å². The van der Waals surface area contributed by atoms with Gasteiger partial charge in [0.1, 0.15) is 6.79 Å². The zero-order chi connectivity index (χ0) is 18.5. The minimum atomic E-state index is -1.59. The first-order chi connectivity index (χ1) is 12.0. The summed E-state index contributed by atoms with van der Waals surface area (Å²) in [5.41, 5.74) is 1.11. The summed E-state index contributed by atoms with van der Waals surface area (Å²) in [4.78, 5) is 11.6. The number of ether oxygens (including phenoxy) is 3. The maximum Gasteiger partial charge on any atom is 0.342 e. The van der Waals surface area contributed by atoms with Crippen LogP contribution in [0.25, 0.3) is 0 Å². The van der Waals surface area contributed by atoms with Gasteiger partial charge < -0.3 is 14.2 Å². The summed E-state index contributed by atoms with van der Waals surface area (Å²) < 4.78 is 14.1. The highest BCUT2D eigenvalue weighted by atomic mass is 35.5. The summed E-state index contributed by atoms with van der Waals surface area (Å²) in [5, 5.41) is -0.297. The van der Waals surface area contributed by atoms with Gasteiger partial charge in [0.05, 0.1) is 13.2 Å². The Morgan fingerprint density at radius 1 is 1.16 bits per heavy atom. The van der Waals surface area contributed by atoms with Gasteiger partial charge in [0, 0.05) is 18.4 Å². The van der Waals surface area contributed by atoms with E-state index < -0.39 is 10.3 Å². The van der Waals surface area contributed by atoms with Crippen LogP contribution in [-0.4, -0.2) is 35.7 Å². The molecule has 7 heteroatoms. The summed E-state index contributed by atoms with van der Waals surface area (Å²) in [6, 6.07) is 9.92. The Balaban J connectivity index is 2.02. The van der Waals surface area contributed by atoms with E-state index in [9.17, 15) is 4.79 Å². The van der Waals surface area contributed by atoms with Gasteiger partial charge in [-0.3, -0.25) is 0 Å². The van der Waals surface area contributed by atoms with Crippen LogP contribution in [0.5, 0.6) is 0 Å². The number of rotatable bonds is 13. The Kier molecular flexibility index (Phi) is 11.5. The van der Waals surface area contributed by atoms with Crippen molar-refractivity contribution in [2.75, 3.05) is 20.0 Å². The van der Waals surface area contributed by atoms with Gasteiger partial charge in [0.2, 0.25) is 4.33 Å². The lowest BCUT2D eigenvalue weighted by Crippen LogP contribution is -2.31. The molecule has 0 aliphatic heterocycles. The predicted octanol–water partition coefficient (Wildman–Crippen LogP) is 5.08. The van der Waals surface area contributed by atoms with E-state index in [1.165, 1.54) is 0 Å². The number of esters is 1. The third kappa shape index (κ3) is 10.3. The van der Waals surface area contributed by atoms with Gasteiger partial charge in [-0.25, -0.2) is 4.79 Å². The average Bonchev–Trinajstić information content (AvgIpc) is 2.58. The van der Waals surface area contributed by atoms with Crippen molar-refractivity contribution in [1.82, 2.24) is 0 Å². The molecule has 0 aliphatic carbocycles. The van der Waals surface area contributed by atoms with Crippen molar-refractivity contribution >= 4 is 40.8 Å². The average molecular weight is 412 g/mol. The molecular formula is C18H25Cl3O4. The summed E-state index contributed by atoms with van der Waals surface area (Å²) in [6.07, 6.45) is 2.53. The number of alkyl halides is 3. The predicted molar refractivity (Wildman–Crippen MR) is 101 cm³/mol. The molecule has 1 unspecified atom stereocenters. The number of hydrogen-bond donors (Lipinski definition) is 0. The molecule has 0 N–H and O–H groups in total. The molecule has 0 bridgehead atoms. The van der Waals surface area contributed by atoms with Crippen molar-refractivity contribution < 1.29 is 19.0 Å². The van der Waals surface area contributed by atoms with Gasteiger partial charge in [0.25, 0.3) is 0 Å². The van der Waals surface area contributed by atoms with Crippen LogP contribution in [0, 0.1) is 0 Å². The number of hydrogen-bond acceptors (Lipinski definition) is 4. The number of halogens is 3. The first kappa shape index (κ1) is 22.5. The second kappa shape index (κ2) is 12.8. The van der Waals surface area contributed by atoms with E-state index >= 15 is 0 Å². The van der Waals surface area contributed by atoms with Crippen molar-refractivity contribution in [2.45, 2.75) is 48.9 Å². The summed E-state index contributed by atoms with van der Waals surface area (Å²) in [6.45, 7) is 3.31. The Labute approximate surface area is 164 Å². The molecule has 0 aliphatic rings. The van der Waals surface area contributed by atoms with Crippen LogP contribution in [0.3, 0.4) is 0 Å². The maximum atomic E-state index is 11.6. The van der Waals surface area contributed by atoms with Gasteiger partial charge in [-0.05, 0) is 31.7 Å². The van der Waals surface area contributed by atoms with E-state index in [4.69, 9.17) is 49.0 Å². The molecule has 0 spiro atoms. The van der Waals surface area contributed by atoms with Gasteiger partial charge in [-0.1, -0.05) is 53.5 Å². The Hall–Kier alpha value is -0.520. The fourth-order valence-corrected chi connectivity index (χ4v) is 3.15. The first-order valence-corrected chi connectivity index (χ1v) is 9.53. The fraction of sp³-hybridized carbons (Fsp3) is 0.611. The molecule has 0 saturated heterocycles. The third-order valence-corrected chi connectivity index (χ3v) is 4.38. The number of carbonyl (C=O) groups is 1. The largest absolute Gasteiger partial charge is 0.464 e. The van der Waals surface area contributed by atoms with Crippen LogP contribution >= 0.6 is 34.8 Å². The summed E-state index contributed by atoms with van der Waals surface area (Å²) >= 11 is 18.1. The van der Waals surface area contributed by atoms with E-state index in [1.54, 1.807) is 6.92 Å². The molecule has 1 aromatic carbocycles. The molecule has 0 saturated carbocycles. The third-order valence-electron chi connectivity index (χ3n) is 3.39. The van der Waals surface area contributed by atoms with Crippen LogP contribution < -0.4 is 0 Å². The highest BCUT2D eigenvalue weighted by Crippen LogP contribution is 2.32. The second-order valence-corrected chi connectivity index (χ2v) is 7.68. The molecule has 0 aromatic heterocycles. The quantitative estimate of drug-likeness (QED) is 0.196. The standard InChI is InChI=1S/C18H25Cl3O4/c1-2-25-17(22)18(20,21)12-16(19)10-6-7-11-23-14-24-13-15-8-4-3-5-9-15/h3-5,8-9,16H,2,6-7,10-14H2,1H3. The van der Waals surface area contributed by atoms with E-state index in [-0.39, 0.29) is 25.2 Å². The molecule has 0 radical (unpaired) electrons. The van der Waals surface area contributed by atoms with Crippen molar-refractivity contribution in [3.63, 3.8) is 0 Å². The number of benzene rings is 1. The molecule has 4 nitrogen and oxygen atoms in total. The lowest BCUT2D eigenvalue weighted by Gasteiger charge is -2.20. The zero-order valence-electron chi connectivity index (χ0n) is 14.4. The Bertz CT molecular complexity index is 482. The fourth-order valence-electron chi connectivity index (χ4n) is 2.12. The summed E-state index contributed by atoms with van der Waals surface area (Å²) in [5.74, 6) is -0.650. The van der Waals surface area contributed by atoms with Crippen LogP contribution in [0.1, 0.15) is 38.2 Å². The maximum absolute atomic E-state index is 11.6. The molecule has 1 atom stereocenters. The normalized spacial score (nSPS) is 12.8. The molecule has 0 heterocycles. The molecule has 25 heavy (non-hydrogen) atoms. The molecule has 0 fully saturated rings. The van der Waals surface area contributed by atoms with Gasteiger partial charge in [0.15, 0.2) is 0 Å². The lowest BCUT2D eigenvalue weighted by atomic mass is 10.1. The Morgan fingerprint density at radius 2 is 1.88 bits per heavy atom. The SMILES string of the molecule is CCOC(=O)C(Cl)(Cl)CC(Cl)CCCCOCOCc1ccccc1. The van der Waals surface area contributed by atoms with Crippen LogP contribution in [-0.2, 0) is 25.6 Å². The molecule has 142 valence electrons. The van der Waals surface area contributed by atoms with E-state index in [0.717, 1.165) is 18.4 Å². The van der Waals surface area contributed by atoms with Crippen molar-refractivity contribution in [3.8, 4) is 0 Å². The first-order valence-electron chi connectivity index (χ1n) is 8.34. The molecule has 1 aromatic rings. The van der Waals surface area contributed by atoms with Crippen molar-refractivity contribution in [2.24, 2.45) is 0 Å². The highest BCUT2D eigenvalue weighted by Gasteiger charge is 2.37. The van der Waals surface area contributed by atoms with Crippen molar-refractivity contribution in [1.29, 1.82) is 0 Å². The zero-order valence-corrected chi connectivity index (χ0v) is 16.7. The van der Waals surface area contributed by atoms with Gasteiger partial charge in [-0.2, -0.15) is 0 Å². The van der Waals surface area contributed by atoms with E-state index in [1.807, 2.05) is 30.3 Å². The van der Waals surface area contributed by atoms with E-state index in [0.29, 0.717) is 19.6 Å². The minimum Gasteiger partial charge on any atom is -0.464 e. The highest BCUT2D eigenvalue weighted by molar-refractivity contribution is 6.57. The minimum absolute atomic E-state index is 0.150. The molecule has 0 amide bonds. The Morgan fingerprint density at radius 3 is 2.56 bits per heavy atom. The lowest BCUT2D eigenvalue weighted by molar-refractivity contribution is -0.144. The van der Waals surface area contributed by atoms with Gasteiger partial charge in [-0.15, -0.1) is 11.6 Å². The second-order valence-electron chi connectivity index (χ2n) is 5.58. The summed E-state index contributed by atoms with van der Waals surface area (Å²) in [7, 11) is 0.